The first-order valence-corrected chi connectivity index (χ1v) is 6.55. The van der Waals surface area contributed by atoms with Crippen LogP contribution >= 0.6 is 0 Å². The first kappa shape index (κ1) is 12.5. The van der Waals surface area contributed by atoms with Crippen LogP contribution in [-0.2, 0) is 6.54 Å². The SMILES string of the molecule is Cc1cccnc1CN1CCC(C(C)N)CC1. The van der Waals surface area contributed by atoms with Crippen LogP contribution in [-0.4, -0.2) is 29.0 Å². The van der Waals surface area contributed by atoms with Gasteiger partial charge in [0, 0.05) is 18.8 Å². The predicted octanol–water partition coefficient (Wildman–Crippen LogP) is 1.95. The molecular weight excluding hydrogens is 210 g/mol. The standard InChI is InChI=1S/C14H23N3/c1-11-4-3-7-16-14(11)10-17-8-5-13(6-9-17)12(2)15/h3-4,7,12-13H,5-6,8-10,15H2,1-2H3. The number of hydrogen-bond acceptors (Lipinski definition) is 3. The van der Waals surface area contributed by atoms with Crippen LogP contribution in [0.15, 0.2) is 18.3 Å². The van der Waals surface area contributed by atoms with Crippen molar-refractivity contribution in [2.24, 2.45) is 11.7 Å². The number of aromatic nitrogens is 1. The van der Waals surface area contributed by atoms with Crippen LogP contribution in [0.2, 0.25) is 0 Å². The van der Waals surface area contributed by atoms with Crippen molar-refractivity contribution in [1.29, 1.82) is 0 Å². The van der Waals surface area contributed by atoms with Crippen LogP contribution < -0.4 is 5.73 Å². The Morgan fingerprint density at radius 2 is 2.18 bits per heavy atom. The summed E-state index contributed by atoms with van der Waals surface area (Å²) in [5, 5.41) is 0. The Kier molecular flexibility index (Phi) is 4.13. The van der Waals surface area contributed by atoms with Crippen molar-refractivity contribution < 1.29 is 0 Å². The van der Waals surface area contributed by atoms with E-state index in [9.17, 15) is 0 Å². The Bertz CT molecular complexity index is 354. The van der Waals surface area contributed by atoms with Gasteiger partial charge in [-0.05, 0) is 57.3 Å². The van der Waals surface area contributed by atoms with Crippen molar-refractivity contribution >= 4 is 0 Å². The van der Waals surface area contributed by atoms with E-state index in [1.165, 1.54) is 24.1 Å². The van der Waals surface area contributed by atoms with E-state index >= 15 is 0 Å². The molecule has 0 bridgehead atoms. The molecule has 1 aromatic rings. The van der Waals surface area contributed by atoms with E-state index in [1.54, 1.807) is 0 Å². The fraction of sp³-hybridized carbons (Fsp3) is 0.643. The molecule has 3 nitrogen and oxygen atoms in total. The van der Waals surface area contributed by atoms with Gasteiger partial charge in [-0.1, -0.05) is 6.07 Å². The monoisotopic (exact) mass is 233 g/mol. The van der Waals surface area contributed by atoms with E-state index < -0.39 is 0 Å². The molecule has 1 atom stereocenters. The van der Waals surface area contributed by atoms with Gasteiger partial charge in [-0.3, -0.25) is 9.88 Å². The summed E-state index contributed by atoms with van der Waals surface area (Å²) in [4.78, 5) is 6.95. The van der Waals surface area contributed by atoms with Gasteiger partial charge in [0.25, 0.3) is 0 Å². The molecule has 1 aliphatic heterocycles. The maximum absolute atomic E-state index is 5.96. The summed E-state index contributed by atoms with van der Waals surface area (Å²) in [5.74, 6) is 0.705. The zero-order valence-electron chi connectivity index (χ0n) is 10.9. The highest BCUT2D eigenvalue weighted by atomic mass is 15.1. The van der Waals surface area contributed by atoms with Crippen LogP contribution in [0.1, 0.15) is 31.0 Å². The molecule has 17 heavy (non-hydrogen) atoms. The zero-order valence-corrected chi connectivity index (χ0v) is 10.9. The van der Waals surface area contributed by atoms with Crippen LogP contribution in [0.4, 0.5) is 0 Å². The highest BCUT2D eigenvalue weighted by Gasteiger charge is 2.22. The van der Waals surface area contributed by atoms with Crippen LogP contribution in [0.25, 0.3) is 0 Å². The number of nitrogens with zero attached hydrogens (tertiary/aromatic N) is 2. The molecule has 3 heteroatoms. The average Bonchev–Trinajstić information content (AvgIpc) is 2.33. The Morgan fingerprint density at radius 3 is 2.76 bits per heavy atom. The minimum atomic E-state index is 0.341. The second-order valence-corrected chi connectivity index (χ2v) is 5.24. The number of rotatable bonds is 3. The first-order valence-electron chi connectivity index (χ1n) is 6.55. The van der Waals surface area contributed by atoms with E-state index in [0.29, 0.717) is 12.0 Å². The lowest BCUT2D eigenvalue weighted by Crippen LogP contribution is -2.39. The van der Waals surface area contributed by atoms with Gasteiger partial charge in [0.05, 0.1) is 5.69 Å². The normalized spacial score (nSPS) is 20.4. The van der Waals surface area contributed by atoms with Gasteiger partial charge in [-0.2, -0.15) is 0 Å². The fourth-order valence-corrected chi connectivity index (χ4v) is 2.53. The molecule has 0 spiro atoms. The Morgan fingerprint density at radius 1 is 1.47 bits per heavy atom. The van der Waals surface area contributed by atoms with E-state index in [2.05, 4.69) is 29.8 Å². The van der Waals surface area contributed by atoms with Gasteiger partial charge in [0.1, 0.15) is 0 Å². The summed E-state index contributed by atoms with van der Waals surface area (Å²) >= 11 is 0. The number of pyridine rings is 1. The smallest absolute Gasteiger partial charge is 0.0573 e. The lowest BCUT2D eigenvalue weighted by molar-refractivity contribution is 0.164. The van der Waals surface area contributed by atoms with Crippen molar-refractivity contribution in [1.82, 2.24) is 9.88 Å². The molecule has 2 heterocycles. The Hall–Kier alpha value is -0.930. The second kappa shape index (κ2) is 5.61. The van der Waals surface area contributed by atoms with Crippen molar-refractivity contribution in [3.05, 3.63) is 29.6 Å². The van der Waals surface area contributed by atoms with Crippen molar-refractivity contribution in [2.45, 2.75) is 39.3 Å². The van der Waals surface area contributed by atoms with E-state index in [4.69, 9.17) is 5.73 Å². The van der Waals surface area contributed by atoms with Gasteiger partial charge >= 0.3 is 0 Å². The molecule has 0 amide bonds. The highest BCUT2D eigenvalue weighted by molar-refractivity contribution is 5.17. The van der Waals surface area contributed by atoms with Crippen LogP contribution in [0.3, 0.4) is 0 Å². The molecule has 2 N–H and O–H groups in total. The van der Waals surface area contributed by atoms with E-state index in [1.807, 2.05) is 12.3 Å². The molecule has 0 radical (unpaired) electrons. The molecule has 1 saturated heterocycles. The summed E-state index contributed by atoms with van der Waals surface area (Å²) in [6.07, 6.45) is 4.34. The maximum atomic E-state index is 5.96. The molecule has 0 aliphatic carbocycles. The number of aryl methyl sites for hydroxylation is 1. The summed E-state index contributed by atoms with van der Waals surface area (Å²) in [6.45, 7) is 7.56. The van der Waals surface area contributed by atoms with Gasteiger partial charge in [-0.15, -0.1) is 0 Å². The number of piperidine rings is 1. The molecule has 1 unspecified atom stereocenters. The first-order chi connectivity index (χ1) is 8.16. The molecular formula is C14H23N3. The van der Waals surface area contributed by atoms with Crippen molar-refractivity contribution in [3.8, 4) is 0 Å². The third-order valence-corrected chi connectivity index (χ3v) is 3.87. The minimum Gasteiger partial charge on any atom is -0.328 e. The maximum Gasteiger partial charge on any atom is 0.0573 e. The number of nitrogens with two attached hydrogens (primary N) is 1. The second-order valence-electron chi connectivity index (χ2n) is 5.24. The van der Waals surface area contributed by atoms with Crippen molar-refractivity contribution in [2.75, 3.05) is 13.1 Å². The molecule has 0 aromatic carbocycles. The lowest BCUT2D eigenvalue weighted by Gasteiger charge is -2.33. The van der Waals surface area contributed by atoms with Crippen LogP contribution in [0.5, 0.6) is 0 Å². The Balaban J connectivity index is 1.88. The molecule has 1 fully saturated rings. The molecule has 1 aliphatic rings. The van der Waals surface area contributed by atoms with Gasteiger partial charge in [-0.25, -0.2) is 0 Å². The minimum absolute atomic E-state index is 0.341. The third kappa shape index (κ3) is 3.27. The topological polar surface area (TPSA) is 42.2 Å². The number of likely N-dealkylation sites (tertiary alicyclic amines) is 1. The van der Waals surface area contributed by atoms with Gasteiger partial charge in [0.15, 0.2) is 0 Å². The highest BCUT2D eigenvalue weighted by Crippen LogP contribution is 2.21. The fourth-order valence-electron chi connectivity index (χ4n) is 2.53. The summed E-state index contributed by atoms with van der Waals surface area (Å²) in [7, 11) is 0. The lowest BCUT2D eigenvalue weighted by atomic mass is 9.91. The van der Waals surface area contributed by atoms with E-state index in [0.717, 1.165) is 19.6 Å². The summed E-state index contributed by atoms with van der Waals surface area (Å²) < 4.78 is 0. The zero-order chi connectivity index (χ0) is 12.3. The van der Waals surface area contributed by atoms with Gasteiger partial charge in [0.2, 0.25) is 0 Å². The number of hydrogen-bond donors (Lipinski definition) is 1. The molecule has 2 rings (SSSR count). The summed E-state index contributed by atoms with van der Waals surface area (Å²) in [5.41, 5.74) is 8.47. The van der Waals surface area contributed by atoms with Gasteiger partial charge < -0.3 is 5.73 Å². The van der Waals surface area contributed by atoms with Crippen LogP contribution in [0, 0.1) is 12.8 Å². The van der Waals surface area contributed by atoms with E-state index in [-0.39, 0.29) is 0 Å². The molecule has 0 saturated carbocycles. The Labute approximate surface area is 104 Å². The average molecular weight is 233 g/mol. The third-order valence-electron chi connectivity index (χ3n) is 3.87. The summed E-state index contributed by atoms with van der Waals surface area (Å²) in [6, 6.07) is 4.48. The molecule has 94 valence electrons. The largest absolute Gasteiger partial charge is 0.328 e. The molecule has 1 aromatic heterocycles. The predicted molar refractivity (Wildman–Crippen MR) is 70.6 cm³/mol. The van der Waals surface area contributed by atoms with Crippen molar-refractivity contribution in [3.63, 3.8) is 0 Å². The quantitative estimate of drug-likeness (QED) is 0.867.